The van der Waals surface area contributed by atoms with Gasteiger partial charge in [-0.15, -0.1) is 0 Å². The largest absolute Gasteiger partial charge is 0.465 e. The second-order valence-corrected chi connectivity index (χ2v) is 7.62. The summed E-state index contributed by atoms with van der Waals surface area (Å²) < 4.78 is 0.933. The molecule has 0 fully saturated rings. The van der Waals surface area contributed by atoms with Crippen molar-refractivity contribution in [3.8, 4) is 0 Å². The van der Waals surface area contributed by atoms with Gasteiger partial charge in [0.05, 0.1) is 16.1 Å². The van der Waals surface area contributed by atoms with Crippen LogP contribution in [0.15, 0.2) is 40.9 Å². The van der Waals surface area contributed by atoms with Gasteiger partial charge in [0.2, 0.25) is 0 Å². The summed E-state index contributed by atoms with van der Waals surface area (Å²) in [6.45, 7) is 0. The molecule has 3 rings (SSSR count). The first-order valence-corrected chi connectivity index (χ1v) is 9.14. The number of amides is 1. The number of fused-ring (bicyclic) bond motifs is 1. The molecule has 0 radical (unpaired) electrons. The Bertz CT molecular complexity index is 797. The van der Waals surface area contributed by atoms with Crippen molar-refractivity contribution < 1.29 is 9.90 Å². The number of nitrogens with zero attached hydrogens (tertiary/aromatic N) is 1. The lowest BCUT2D eigenvalue weighted by atomic mass is 9.76. The summed E-state index contributed by atoms with van der Waals surface area (Å²) in [5.74, 6) is 0.172. The highest BCUT2D eigenvalue weighted by Gasteiger charge is 2.33. The van der Waals surface area contributed by atoms with Gasteiger partial charge in [-0.05, 0) is 47.7 Å². The van der Waals surface area contributed by atoms with Gasteiger partial charge in [-0.2, -0.15) is 0 Å². The van der Waals surface area contributed by atoms with Crippen molar-refractivity contribution in [1.29, 1.82) is 0 Å². The van der Waals surface area contributed by atoms with Crippen LogP contribution in [0, 0.1) is 0 Å². The number of hydrogen-bond acceptors (Lipinski definition) is 1. The molecule has 24 heavy (non-hydrogen) atoms. The third kappa shape index (κ3) is 3.15. The summed E-state index contributed by atoms with van der Waals surface area (Å²) >= 11 is 15.8. The van der Waals surface area contributed by atoms with Crippen molar-refractivity contribution in [1.82, 2.24) is 4.90 Å². The van der Waals surface area contributed by atoms with Gasteiger partial charge < -0.3 is 10.0 Å². The predicted octanol–water partition coefficient (Wildman–Crippen LogP) is 6.33. The number of carbonyl (C=O) groups is 1. The molecular weight excluding hydrogens is 413 g/mol. The standard InChI is InChI=1S/C18H16BrCl2NO2/c1-22(18(23)24)16-8-6-11(10-5-7-14(20)15(21)9-10)12-3-2-4-13(19)17(12)16/h2-5,7,9,11,16H,6,8H2,1H3,(H,23,24)/t11-,16-/m0/s1. The van der Waals surface area contributed by atoms with E-state index in [0.29, 0.717) is 10.0 Å². The van der Waals surface area contributed by atoms with Crippen LogP contribution in [-0.4, -0.2) is 23.1 Å². The smallest absolute Gasteiger partial charge is 0.407 e. The van der Waals surface area contributed by atoms with Crippen LogP contribution >= 0.6 is 39.1 Å². The molecule has 0 heterocycles. The molecule has 0 spiro atoms. The average molecular weight is 429 g/mol. The van der Waals surface area contributed by atoms with Gasteiger partial charge in [0, 0.05) is 17.4 Å². The summed E-state index contributed by atoms with van der Waals surface area (Å²) in [6.07, 6.45) is 0.683. The first-order valence-electron chi connectivity index (χ1n) is 7.59. The molecule has 2 atom stereocenters. The molecule has 0 saturated heterocycles. The SMILES string of the molecule is CN(C(=O)O)[C@H]1CC[C@@H](c2ccc(Cl)c(Cl)c2)c2cccc(Br)c21. The van der Waals surface area contributed by atoms with E-state index < -0.39 is 6.09 Å². The minimum absolute atomic E-state index is 0.160. The van der Waals surface area contributed by atoms with Gasteiger partial charge in [0.1, 0.15) is 0 Å². The Morgan fingerprint density at radius 1 is 1.21 bits per heavy atom. The van der Waals surface area contributed by atoms with Crippen LogP contribution in [0.4, 0.5) is 4.79 Å². The number of benzene rings is 2. The Hall–Kier alpha value is -1.23. The number of hydrogen-bond donors (Lipinski definition) is 1. The second kappa shape index (κ2) is 6.95. The molecule has 1 N–H and O–H groups in total. The summed E-state index contributed by atoms with van der Waals surface area (Å²) in [6, 6.07) is 11.6. The molecule has 0 unspecified atom stereocenters. The van der Waals surface area contributed by atoms with Crippen LogP contribution < -0.4 is 0 Å². The highest BCUT2D eigenvalue weighted by molar-refractivity contribution is 9.10. The van der Waals surface area contributed by atoms with E-state index in [2.05, 4.69) is 22.0 Å². The van der Waals surface area contributed by atoms with E-state index >= 15 is 0 Å². The maximum atomic E-state index is 11.4. The highest BCUT2D eigenvalue weighted by Crippen LogP contribution is 2.46. The zero-order chi connectivity index (χ0) is 17.4. The van der Waals surface area contributed by atoms with Crippen molar-refractivity contribution >= 4 is 45.2 Å². The Kier molecular flexibility index (Phi) is 5.09. The summed E-state index contributed by atoms with van der Waals surface area (Å²) in [5.41, 5.74) is 3.26. The van der Waals surface area contributed by atoms with Gasteiger partial charge in [0.25, 0.3) is 0 Å². The first-order chi connectivity index (χ1) is 11.4. The van der Waals surface area contributed by atoms with Crippen LogP contribution in [0.2, 0.25) is 10.0 Å². The normalized spacial score (nSPS) is 19.7. The van der Waals surface area contributed by atoms with Gasteiger partial charge in [0.15, 0.2) is 0 Å². The minimum Gasteiger partial charge on any atom is -0.465 e. The number of rotatable bonds is 2. The average Bonchev–Trinajstić information content (AvgIpc) is 2.56. The lowest BCUT2D eigenvalue weighted by Gasteiger charge is -2.36. The van der Waals surface area contributed by atoms with Crippen molar-refractivity contribution in [3.05, 3.63) is 67.6 Å². The van der Waals surface area contributed by atoms with E-state index in [1.54, 1.807) is 7.05 Å². The highest BCUT2D eigenvalue weighted by atomic mass is 79.9. The molecule has 1 aliphatic rings. The number of carboxylic acid groups (broad SMARTS) is 1. The third-order valence-electron chi connectivity index (χ3n) is 4.64. The Labute approximate surface area is 159 Å². The van der Waals surface area contributed by atoms with E-state index in [4.69, 9.17) is 23.2 Å². The fourth-order valence-electron chi connectivity index (χ4n) is 3.43. The monoisotopic (exact) mass is 427 g/mol. The molecule has 2 aromatic rings. The molecule has 6 heteroatoms. The van der Waals surface area contributed by atoms with Crippen molar-refractivity contribution in [2.75, 3.05) is 7.05 Å². The molecule has 0 saturated carbocycles. The molecule has 0 bridgehead atoms. The van der Waals surface area contributed by atoms with Crippen molar-refractivity contribution in [3.63, 3.8) is 0 Å². The van der Waals surface area contributed by atoms with Crippen LogP contribution in [0.5, 0.6) is 0 Å². The molecular formula is C18H16BrCl2NO2. The Morgan fingerprint density at radius 2 is 1.96 bits per heavy atom. The molecule has 1 aliphatic carbocycles. The van der Waals surface area contributed by atoms with Crippen LogP contribution in [0.3, 0.4) is 0 Å². The second-order valence-electron chi connectivity index (χ2n) is 5.96. The van der Waals surface area contributed by atoms with E-state index in [1.807, 2.05) is 30.3 Å². The molecule has 2 aromatic carbocycles. The van der Waals surface area contributed by atoms with Crippen LogP contribution in [-0.2, 0) is 0 Å². The lowest BCUT2D eigenvalue weighted by Crippen LogP contribution is -2.33. The van der Waals surface area contributed by atoms with Gasteiger partial charge in [-0.1, -0.05) is 57.3 Å². The van der Waals surface area contributed by atoms with Crippen LogP contribution in [0.1, 0.15) is 41.5 Å². The third-order valence-corrected chi connectivity index (χ3v) is 6.07. The number of halogens is 3. The maximum Gasteiger partial charge on any atom is 0.407 e. The summed E-state index contributed by atoms with van der Waals surface area (Å²) in [4.78, 5) is 12.8. The van der Waals surface area contributed by atoms with E-state index in [0.717, 1.165) is 34.0 Å². The van der Waals surface area contributed by atoms with Crippen molar-refractivity contribution in [2.45, 2.75) is 24.8 Å². The Morgan fingerprint density at radius 3 is 2.62 bits per heavy atom. The van der Waals surface area contributed by atoms with Crippen molar-refractivity contribution in [2.24, 2.45) is 0 Å². The fraction of sp³-hybridized carbons (Fsp3) is 0.278. The predicted molar refractivity (Wildman–Crippen MR) is 100 cm³/mol. The lowest BCUT2D eigenvalue weighted by molar-refractivity contribution is 0.132. The van der Waals surface area contributed by atoms with E-state index in [1.165, 1.54) is 4.90 Å². The van der Waals surface area contributed by atoms with E-state index in [-0.39, 0.29) is 12.0 Å². The molecule has 0 aliphatic heterocycles. The minimum atomic E-state index is -0.922. The van der Waals surface area contributed by atoms with Gasteiger partial charge in [-0.25, -0.2) is 4.79 Å². The Balaban J connectivity index is 2.09. The van der Waals surface area contributed by atoms with Gasteiger partial charge in [-0.3, -0.25) is 0 Å². The first kappa shape index (κ1) is 17.6. The van der Waals surface area contributed by atoms with Gasteiger partial charge >= 0.3 is 6.09 Å². The fourth-order valence-corrected chi connectivity index (χ4v) is 4.38. The zero-order valence-corrected chi connectivity index (χ0v) is 16.1. The summed E-state index contributed by atoms with van der Waals surface area (Å²) in [5, 5.41) is 10.5. The topological polar surface area (TPSA) is 40.5 Å². The molecule has 0 aromatic heterocycles. The molecule has 1 amide bonds. The quantitative estimate of drug-likeness (QED) is 0.606. The summed E-state index contributed by atoms with van der Waals surface area (Å²) in [7, 11) is 1.62. The zero-order valence-electron chi connectivity index (χ0n) is 13.0. The molecule has 126 valence electrons. The van der Waals surface area contributed by atoms with Crippen LogP contribution in [0.25, 0.3) is 0 Å². The molecule has 3 nitrogen and oxygen atoms in total. The van der Waals surface area contributed by atoms with E-state index in [9.17, 15) is 9.90 Å². The maximum absolute atomic E-state index is 11.4.